The average Bonchev–Trinajstić information content (AvgIpc) is 2.88. The second-order valence-corrected chi connectivity index (χ2v) is 11.0. The van der Waals surface area contributed by atoms with Crippen LogP contribution in [0.1, 0.15) is 72.6 Å². The van der Waals surface area contributed by atoms with Gasteiger partial charge >= 0.3 is 0 Å². The Kier molecular flexibility index (Phi) is 3.09. The number of carbonyl (C=O) groups excluding carboxylic acids is 2. The summed E-state index contributed by atoms with van der Waals surface area (Å²) >= 11 is 0. The average molecular weight is 360 g/mol. The van der Waals surface area contributed by atoms with Crippen LogP contribution in [0.5, 0.6) is 0 Å². The summed E-state index contributed by atoms with van der Waals surface area (Å²) in [6, 6.07) is 0. The largest absolute Gasteiger partial charge is 0.365 e. The summed E-state index contributed by atoms with van der Waals surface area (Å²) < 4.78 is 6.10. The van der Waals surface area contributed by atoms with Crippen molar-refractivity contribution in [2.75, 3.05) is 6.61 Å². The summed E-state index contributed by atoms with van der Waals surface area (Å²) in [7, 11) is 0. The lowest BCUT2D eigenvalue weighted by Crippen LogP contribution is -2.74. The molecule has 4 heteroatoms. The molecule has 2 unspecified atom stereocenters. The van der Waals surface area contributed by atoms with Crippen LogP contribution in [0, 0.1) is 39.4 Å². The maximum atomic E-state index is 13.6. The molecule has 4 aliphatic carbocycles. The van der Waals surface area contributed by atoms with E-state index >= 15 is 0 Å². The van der Waals surface area contributed by atoms with Crippen LogP contribution >= 0.6 is 0 Å². The van der Waals surface area contributed by atoms with E-state index in [4.69, 9.17) is 4.74 Å². The molecule has 0 aromatic heterocycles. The Bertz CT molecular complexity index is 701. The number of fused-ring (bicyclic) bond motifs is 5. The predicted octanol–water partition coefficient (Wildman–Crippen LogP) is 3.50. The topological polar surface area (TPSA) is 63.6 Å². The number of ketones is 2. The van der Waals surface area contributed by atoms with Crippen LogP contribution in [0.25, 0.3) is 0 Å². The molecular weight excluding hydrogens is 328 g/mol. The first kappa shape index (κ1) is 17.4. The lowest BCUT2D eigenvalue weighted by atomic mass is 9.35. The van der Waals surface area contributed by atoms with Gasteiger partial charge < -0.3 is 9.84 Å². The molecule has 4 nitrogen and oxygen atoms in total. The van der Waals surface area contributed by atoms with Crippen LogP contribution in [0.15, 0.2) is 0 Å². The number of ether oxygens (including phenoxy) is 1. The van der Waals surface area contributed by atoms with E-state index in [0.29, 0.717) is 37.4 Å². The van der Waals surface area contributed by atoms with Crippen molar-refractivity contribution in [2.45, 2.75) is 78.4 Å². The van der Waals surface area contributed by atoms with Gasteiger partial charge in [-0.3, -0.25) is 9.59 Å². The highest BCUT2D eigenvalue weighted by molar-refractivity contribution is 5.92. The van der Waals surface area contributed by atoms with Gasteiger partial charge in [0.1, 0.15) is 11.6 Å². The van der Waals surface area contributed by atoms with E-state index in [2.05, 4.69) is 27.7 Å². The Balaban J connectivity index is 1.65. The minimum atomic E-state index is -1.10. The van der Waals surface area contributed by atoms with E-state index in [1.807, 2.05) is 0 Å². The Labute approximate surface area is 156 Å². The first-order chi connectivity index (χ1) is 12.0. The van der Waals surface area contributed by atoms with Gasteiger partial charge in [0.2, 0.25) is 0 Å². The van der Waals surface area contributed by atoms with E-state index in [9.17, 15) is 14.7 Å². The molecule has 0 amide bonds. The maximum absolute atomic E-state index is 13.6. The van der Waals surface area contributed by atoms with Crippen molar-refractivity contribution < 1.29 is 19.4 Å². The first-order valence-electron chi connectivity index (χ1n) is 10.5. The molecule has 144 valence electrons. The fourth-order valence-electron chi connectivity index (χ4n) is 8.56. The molecule has 2 saturated heterocycles. The Morgan fingerprint density at radius 1 is 0.923 bits per heavy atom. The summed E-state index contributed by atoms with van der Waals surface area (Å²) in [5.41, 5.74) is -1.16. The molecule has 0 radical (unpaired) electrons. The predicted molar refractivity (Wildman–Crippen MR) is 96.1 cm³/mol. The lowest BCUT2D eigenvalue weighted by molar-refractivity contribution is -0.390. The molecule has 6 rings (SSSR count). The first-order valence-corrected chi connectivity index (χ1v) is 10.5. The number of hydrogen-bond acceptors (Lipinski definition) is 4. The van der Waals surface area contributed by atoms with E-state index in [1.165, 1.54) is 0 Å². The van der Waals surface area contributed by atoms with Crippen LogP contribution in [-0.4, -0.2) is 29.1 Å². The molecule has 6 fully saturated rings. The zero-order valence-electron chi connectivity index (χ0n) is 16.6. The second-order valence-electron chi connectivity index (χ2n) is 11.0. The van der Waals surface area contributed by atoms with Gasteiger partial charge in [-0.05, 0) is 43.4 Å². The monoisotopic (exact) mass is 360 g/mol. The Morgan fingerprint density at radius 2 is 1.65 bits per heavy atom. The van der Waals surface area contributed by atoms with Gasteiger partial charge in [0.15, 0.2) is 5.79 Å². The lowest BCUT2D eigenvalue weighted by Gasteiger charge is -2.72. The molecule has 4 saturated carbocycles. The van der Waals surface area contributed by atoms with Crippen molar-refractivity contribution >= 4 is 11.6 Å². The molecule has 2 heterocycles. The SMILES string of the molecule is CC1(C)C2CC(=O)[C@]3(C)[C@H](CC[C@@]4(C)C(=O)CC[C@@H]34)[C@@]23CCC1(O)OC3. The van der Waals surface area contributed by atoms with Crippen LogP contribution in [0.2, 0.25) is 0 Å². The van der Waals surface area contributed by atoms with Crippen molar-refractivity contribution in [3.63, 3.8) is 0 Å². The number of carbonyl (C=O) groups is 2. The highest BCUT2D eigenvalue weighted by Gasteiger charge is 2.75. The zero-order chi connectivity index (χ0) is 18.8. The summed E-state index contributed by atoms with van der Waals surface area (Å²) in [6.07, 6.45) is 5.49. The summed E-state index contributed by atoms with van der Waals surface area (Å²) in [5, 5.41) is 11.1. The van der Waals surface area contributed by atoms with Crippen LogP contribution in [0.4, 0.5) is 0 Å². The van der Waals surface area contributed by atoms with Crippen molar-refractivity contribution in [3.05, 3.63) is 0 Å². The molecule has 7 atom stereocenters. The van der Waals surface area contributed by atoms with E-state index in [0.717, 1.165) is 25.7 Å². The molecule has 2 aliphatic heterocycles. The number of hydrogen-bond donors (Lipinski definition) is 1. The third-order valence-corrected chi connectivity index (χ3v) is 10.2. The highest BCUT2D eigenvalue weighted by atomic mass is 16.6. The summed E-state index contributed by atoms with van der Waals surface area (Å²) in [4.78, 5) is 26.3. The maximum Gasteiger partial charge on any atom is 0.170 e. The van der Waals surface area contributed by atoms with E-state index in [-0.39, 0.29) is 28.6 Å². The standard InChI is InChI=1S/C22H32O4/c1-18(2)15-11-17(24)20(4)13-5-6-16(23)19(13,3)8-7-14(20)21(15)9-10-22(18,25)26-12-21/h13-15,25H,5-12H2,1-4H3/t13-,14+,15?,19-,20+,21+,22?/m1/s1. The fraction of sp³-hybridized carbons (Fsp3) is 0.909. The van der Waals surface area contributed by atoms with Crippen molar-refractivity contribution in [3.8, 4) is 0 Å². The number of Topliss-reactive ketones (excluding diaryl/α,β-unsaturated/α-hetero) is 2. The molecule has 2 bridgehead atoms. The van der Waals surface area contributed by atoms with Crippen molar-refractivity contribution in [2.24, 2.45) is 39.4 Å². The van der Waals surface area contributed by atoms with Crippen molar-refractivity contribution in [1.29, 1.82) is 0 Å². The number of aliphatic hydroxyl groups is 1. The van der Waals surface area contributed by atoms with Gasteiger partial charge in [-0.1, -0.05) is 27.7 Å². The smallest absolute Gasteiger partial charge is 0.170 e. The fourth-order valence-corrected chi connectivity index (χ4v) is 8.56. The van der Waals surface area contributed by atoms with Gasteiger partial charge in [0.25, 0.3) is 0 Å². The zero-order valence-corrected chi connectivity index (χ0v) is 16.6. The Morgan fingerprint density at radius 3 is 2.31 bits per heavy atom. The van der Waals surface area contributed by atoms with Gasteiger partial charge in [-0.2, -0.15) is 0 Å². The van der Waals surface area contributed by atoms with Crippen molar-refractivity contribution in [1.82, 2.24) is 0 Å². The quantitative estimate of drug-likeness (QED) is 0.718. The summed E-state index contributed by atoms with van der Waals surface area (Å²) in [5.74, 6) is 0.236. The molecule has 1 spiro atoms. The molecule has 26 heavy (non-hydrogen) atoms. The normalized spacial score (nSPS) is 57.5. The molecular formula is C22H32O4. The number of rotatable bonds is 0. The molecule has 1 N–H and O–H groups in total. The van der Waals surface area contributed by atoms with Crippen LogP contribution in [-0.2, 0) is 14.3 Å². The minimum Gasteiger partial charge on any atom is -0.365 e. The molecule has 0 aromatic carbocycles. The highest BCUT2D eigenvalue weighted by Crippen LogP contribution is 2.74. The van der Waals surface area contributed by atoms with Gasteiger partial charge in [-0.25, -0.2) is 0 Å². The van der Waals surface area contributed by atoms with Crippen LogP contribution in [0.3, 0.4) is 0 Å². The van der Waals surface area contributed by atoms with E-state index in [1.54, 1.807) is 0 Å². The second kappa shape index (κ2) is 4.63. The van der Waals surface area contributed by atoms with Crippen LogP contribution < -0.4 is 0 Å². The third kappa shape index (κ3) is 1.59. The minimum absolute atomic E-state index is 0.0242. The summed E-state index contributed by atoms with van der Waals surface area (Å²) in [6.45, 7) is 9.04. The van der Waals surface area contributed by atoms with E-state index < -0.39 is 16.6 Å². The van der Waals surface area contributed by atoms with Gasteiger partial charge in [0.05, 0.1) is 6.61 Å². The van der Waals surface area contributed by atoms with Gasteiger partial charge in [0, 0.05) is 40.9 Å². The third-order valence-electron chi connectivity index (χ3n) is 10.2. The molecule has 6 aliphatic rings. The van der Waals surface area contributed by atoms with Gasteiger partial charge in [-0.15, -0.1) is 0 Å². The molecule has 0 aromatic rings. The Hall–Kier alpha value is -0.740.